The van der Waals surface area contributed by atoms with Gasteiger partial charge in [-0.2, -0.15) is 5.10 Å². The highest BCUT2D eigenvalue weighted by molar-refractivity contribution is 6.76. The zero-order valence-electron chi connectivity index (χ0n) is 21.3. The van der Waals surface area contributed by atoms with Gasteiger partial charge in [0.05, 0.1) is 6.20 Å². The first-order valence-corrected chi connectivity index (χ1v) is 16.4. The van der Waals surface area contributed by atoms with E-state index in [2.05, 4.69) is 67.0 Å². The standard InChI is InChI=1S/C26H41N5OSi/c1-18-22(12-21-7-8-25(18)30(21)3)19-11-23-24(20-14-28-29(2)15-20)16-31(26(23)27-13-19)17-32-9-10-33(4,5)6/h11,13-15,18,21-22,24-25H,7-10,12,16-17H2,1-6H3. The summed E-state index contributed by atoms with van der Waals surface area (Å²) in [4.78, 5) is 10.0. The van der Waals surface area contributed by atoms with Crippen molar-refractivity contribution in [2.45, 2.75) is 75.8 Å². The van der Waals surface area contributed by atoms with Crippen molar-refractivity contribution in [1.29, 1.82) is 0 Å². The molecule has 2 aromatic heterocycles. The molecule has 180 valence electrons. The average Bonchev–Trinajstić information content (AvgIpc) is 3.41. The van der Waals surface area contributed by atoms with Crippen molar-refractivity contribution in [3.05, 3.63) is 41.3 Å². The molecule has 0 radical (unpaired) electrons. The van der Waals surface area contributed by atoms with Crippen LogP contribution in [0.25, 0.3) is 0 Å². The molecule has 2 bridgehead atoms. The lowest BCUT2D eigenvalue weighted by molar-refractivity contribution is 0.110. The fraction of sp³-hybridized carbons (Fsp3) is 0.692. The van der Waals surface area contributed by atoms with Gasteiger partial charge in [-0.3, -0.25) is 4.68 Å². The van der Waals surface area contributed by atoms with E-state index in [-0.39, 0.29) is 0 Å². The number of aromatic nitrogens is 3. The van der Waals surface area contributed by atoms with E-state index < -0.39 is 8.07 Å². The first kappa shape index (κ1) is 23.1. The summed E-state index contributed by atoms with van der Waals surface area (Å²) in [5.74, 6) is 2.69. The van der Waals surface area contributed by atoms with Crippen molar-refractivity contribution in [3.63, 3.8) is 0 Å². The zero-order valence-corrected chi connectivity index (χ0v) is 22.3. The zero-order chi connectivity index (χ0) is 23.3. The largest absolute Gasteiger partial charge is 0.361 e. The van der Waals surface area contributed by atoms with Gasteiger partial charge in [0, 0.05) is 64.2 Å². The second kappa shape index (κ2) is 8.82. The van der Waals surface area contributed by atoms with Crippen LogP contribution >= 0.6 is 0 Å². The van der Waals surface area contributed by atoms with Crippen LogP contribution in [0.1, 0.15) is 54.7 Å². The van der Waals surface area contributed by atoms with Crippen LogP contribution in [0.4, 0.5) is 5.82 Å². The Morgan fingerprint density at radius 1 is 1.12 bits per heavy atom. The molecule has 2 aromatic rings. The van der Waals surface area contributed by atoms with Crippen molar-refractivity contribution in [2.75, 3.05) is 31.8 Å². The lowest BCUT2D eigenvalue weighted by Crippen LogP contribution is -2.44. The van der Waals surface area contributed by atoms with Crippen LogP contribution in [0.5, 0.6) is 0 Å². The molecule has 0 N–H and O–H groups in total. The highest BCUT2D eigenvalue weighted by Crippen LogP contribution is 2.47. The third-order valence-corrected chi connectivity index (χ3v) is 10.2. The summed E-state index contributed by atoms with van der Waals surface area (Å²) >= 11 is 0. The van der Waals surface area contributed by atoms with E-state index in [1.165, 1.54) is 42.0 Å². The number of pyridine rings is 1. The van der Waals surface area contributed by atoms with Crippen molar-refractivity contribution in [3.8, 4) is 0 Å². The van der Waals surface area contributed by atoms with Gasteiger partial charge in [0.1, 0.15) is 12.5 Å². The molecule has 0 spiro atoms. The van der Waals surface area contributed by atoms with E-state index in [9.17, 15) is 0 Å². The number of rotatable bonds is 7. The number of hydrogen-bond acceptors (Lipinski definition) is 5. The Morgan fingerprint density at radius 2 is 1.94 bits per heavy atom. The van der Waals surface area contributed by atoms with Gasteiger partial charge in [-0.25, -0.2) is 4.98 Å². The number of fused-ring (bicyclic) bond motifs is 3. The molecule has 5 heterocycles. The van der Waals surface area contributed by atoms with E-state index in [1.54, 1.807) is 0 Å². The molecular weight excluding hydrogens is 426 g/mol. The number of ether oxygens (including phenoxy) is 1. The molecule has 7 heteroatoms. The Labute approximate surface area is 200 Å². The number of aryl methyl sites for hydroxylation is 1. The number of anilines is 1. The lowest BCUT2D eigenvalue weighted by Gasteiger charge is -2.41. The van der Waals surface area contributed by atoms with Gasteiger partial charge >= 0.3 is 0 Å². The van der Waals surface area contributed by atoms with Crippen LogP contribution in [0.3, 0.4) is 0 Å². The minimum atomic E-state index is -1.09. The van der Waals surface area contributed by atoms with E-state index >= 15 is 0 Å². The Morgan fingerprint density at radius 3 is 2.67 bits per heavy atom. The molecule has 6 nitrogen and oxygen atoms in total. The second-order valence-corrected chi connectivity index (χ2v) is 17.5. The maximum atomic E-state index is 6.15. The number of hydrogen-bond donors (Lipinski definition) is 0. The second-order valence-electron chi connectivity index (χ2n) is 11.9. The maximum absolute atomic E-state index is 6.15. The highest BCUT2D eigenvalue weighted by atomic mass is 28.3. The van der Waals surface area contributed by atoms with Crippen LogP contribution in [0, 0.1) is 5.92 Å². The van der Waals surface area contributed by atoms with Crippen LogP contribution in [0.15, 0.2) is 24.7 Å². The fourth-order valence-corrected chi connectivity index (χ4v) is 7.12. The van der Waals surface area contributed by atoms with Crippen LogP contribution in [-0.4, -0.2) is 66.8 Å². The number of nitrogens with zero attached hydrogens (tertiary/aromatic N) is 5. The monoisotopic (exact) mass is 467 g/mol. The molecule has 3 aliphatic rings. The van der Waals surface area contributed by atoms with E-state index in [4.69, 9.17) is 9.72 Å². The molecule has 2 saturated heterocycles. The molecule has 2 fully saturated rings. The normalized spacial score (nSPS) is 29.6. The van der Waals surface area contributed by atoms with Gasteiger partial charge in [-0.1, -0.05) is 26.6 Å². The van der Waals surface area contributed by atoms with Crippen molar-refractivity contribution in [2.24, 2.45) is 13.0 Å². The highest BCUT2D eigenvalue weighted by Gasteiger charge is 2.44. The summed E-state index contributed by atoms with van der Waals surface area (Å²) < 4.78 is 8.06. The molecule has 5 unspecified atom stereocenters. The average molecular weight is 468 g/mol. The summed E-state index contributed by atoms with van der Waals surface area (Å²) in [5.41, 5.74) is 4.06. The summed E-state index contributed by atoms with van der Waals surface area (Å²) in [6.45, 7) is 12.0. The van der Waals surface area contributed by atoms with Gasteiger partial charge in [0.25, 0.3) is 0 Å². The van der Waals surface area contributed by atoms with E-state index in [0.717, 1.165) is 25.0 Å². The van der Waals surface area contributed by atoms with Gasteiger partial charge in [-0.15, -0.1) is 0 Å². The van der Waals surface area contributed by atoms with Crippen molar-refractivity contribution >= 4 is 13.9 Å². The maximum Gasteiger partial charge on any atom is 0.134 e. The summed E-state index contributed by atoms with van der Waals surface area (Å²) in [6, 6.07) is 5.12. The molecule has 3 aliphatic heterocycles. The number of piperidine rings is 1. The molecule has 5 atom stereocenters. The lowest BCUT2D eigenvalue weighted by atomic mass is 9.77. The molecule has 33 heavy (non-hydrogen) atoms. The predicted octanol–water partition coefficient (Wildman–Crippen LogP) is 4.67. The van der Waals surface area contributed by atoms with Gasteiger partial charge in [-0.05, 0) is 61.4 Å². The SMILES string of the molecule is CC1C(c2cnc3c(c2)C(c2cnn(C)c2)CN3COCC[Si](C)(C)C)CC2CCC1N2C. The summed E-state index contributed by atoms with van der Waals surface area (Å²) in [5, 5.41) is 4.47. The van der Waals surface area contributed by atoms with Crippen LogP contribution < -0.4 is 4.90 Å². The molecule has 5 rings (SSSR count). The van der Waals surface area contributed by atoms with Crippen LogP contribution in [0.2, 0.25) is 25.7 Å². The fourth-order valence-electron chi connectivity index (χ4n) is 6.37. The third kappa shape index (κ3) is 4.52. The summed E-state index contributed by atoms with van der Waals surface area (Å²) in [6.07, 6.45) is 10.3. The Balaban J connectivity index is 1.40. The Bertz CT molecular complexity index is 985. The van der Waals surface area contributed by atoms with E-state index in [1.807, 2.05) is 17.9 Å². The topological polar surface area (TPSA) is 46.4 Å². The molecular formula is C26H41N5OSi. The molecule has 0 aliphatic carbocycles. The quantitative estimate of drug-likeness (QED) is 0.438. The minimum Gasteiger partial charge on any atom is -0.361 e. The third-order valence-electron chi connectivity index (χ3n) is 8.46. The predicted molar refractivity (Wildman–Crippen MR) is 137 cm³/mol. The molecule has 0 aromatic carbocycles. The minimum absolute atomic E-state index is 0.306. The van der Waals surface area contributed by atoms with Gasteiger partial charge in [0.2, 0.25) is 0 Å². The summed E-state index contributed by atoms with van der Waals surface area (Å²) in [7, 11) is 3.24. The molecule has 0 amide bonds. The molecule has 0 saturated carbocycles. The van der Waals surface area contributed by atoms with Crippen molar-refractivity contribution in [1.82, 2.24) is 19.7 Å². The Hall–Kier alpha value is -1.70. The Kier molecular flexibility index (Phi) is 6.16. The van der Waals surface area contributed by atoms with Gasteiger partial charge < -0.3 is 14.5 Å². The van der Waals surface area contributed by atoms with Crippen LogP contribution in [-0.2, 0) is 11.8 Å². The van der Waals surface area contributed by atoms with Crippen molar-refractivity contribution < 1.29 is 4.74 Å². The first-order valence-electron chi connectivity index (χ1n) is 12.7. The smallest absolute Gasteiger partial charge is 0.134 e. The van der Waals surface area contributed by atoms with E-state index in [0.29, 0.717) is 30.5 Å². The first-order chi connectivity index (χ1) is 15.7. The van der Waals surface area contributed by atoms with Gasteiger partial charge in [0.15, 0.2) is 0 Å².